The fourth-order valence-electron chi connectivity index (χ4n) is 3.01. The van der Waals surface area contributed by atoms with E-state index in [0.29, 0.717) is 22.8 Å². The second-order valence-electron chi connectivity index (χ2n) is 6.80. The van der Waals surface area contributed by atoms with Gasteiger partial charge in [-0.2, -0.15) is 5.10 Å². The van der Waals surface area contributed by atoms with Crippen LogP contribution < -0.4 is 16.0 Å². The van der Waals surface area contributed by atoms with E-state index in [1.807, 2.05) is 0 Å². The molecular formula is C21H18F2N6O2. The molecule has 1 atom stereocenters. The Kier molecular flexibility index (Phi) is 5.35. The van der Waals surface area contributed by atoms with E-state index < -0.39 is 23.7 Å². The van der Waals surface area contributed by atoms with Gasteiger partial charge in [-0.3, -0.25) is 0 Å². The lowest BCUT2D eigenvalue weighted by Crippen LogP contribution is -2.19. The quantitative estimate of drug-likeness (QED) is 0.353. The molecule has 0 saturated carbocycles. The van der Waals surface area contributed by atoms with Crippen LogP contribution in [-0.4, -0.2) is 25.7 Å². The maximum atomic E-state index is 14.0. The number of aromatic hydroxyl groups is 1. The molecule has 8 nitrogen and oxygen atoms in total. The maximum absolute atomic E-state index is 14.0. The number of phenolic OH excluding ortho intramolecular Hbond substituents is 1. The summed E-state index contributed by atoms with van der Waals surface area (Å²) in [6.45, 7) is 1.68. The number of rotatable bonds is 5. The highest BCUT2D eigenvalue weighted by atomic mass is 19.1. The van der Waals surface area contributed by atoms with Crippen molar-refractivity contribution in [3.8, 4) is 5.75 Å². The van der Waals surface area contributed by atoms with Crippen LogP contribution in [0, 0.1) is 11.6 Å². The zero-order chi connectivity index (χ0) is 22.0. The summed E-state index contributed by atoms with van der Waals surface area (Å²) in [4.78, 5) is 16.7. The van der Waals surface area contributed by atoms with Crippen molar-refractivity contribution in [2.45, 2.75) is 13.0 Å². The predicted molar refractivity (Wildman–Crippen MR) is 112 cm³/mol. The van der Waals surface area contributed by atoms with E-state index in [2.05, 4.69) is 26.0 Å². The predicted octanol–water partition coefficient (Wildman–Crippen LogP) is 4.53. The highest BCUT2D eigenvalue weighted by Crippen LogP contribution is 2.23. The standard InChI is InChI=1S/C21H18F2N6O2/c1-12(16-10-13(22)2-7-17(16)23)25-19-8-9-29-20(28-19)18(11-24-29)27-21(31)26-14-3-5-15(30)6-4-14/h2-12,30H,1H3,(H,25,28)(H2,26,27,31)/t12-/m1/s1. The Balaban J connectivity index is 1.51. The van der Waals surface area contributed by atoms with Crippen LogP contribution in [0.15, 0.2) is 60.9 Å². The summed E-state index contributed by atoms with van der Waals surface area (Å²) in [5.41, 5.74) is 1.37. The first-order chi connectivity index (χ1) is 14.9. The normalized spacial score (nSPS) is 11.8. The first-order valence-electron chi connectivity index (χ1n) is 9.32. The number of amides is 2. The summed E-state index contributed by atoms with van der Waals surface area (Å²) < 4.78 is 29.0. The van der Waals surface area contributed by atoms with E-state index in [1.165, 1.54) is 22.8 Å². The van der Waals surface area contributed by atoms with Crippen molar-refractivity contribution < 1.29 is 18.7 Å². The number of hydrogen-bond acceptors (Lipinski definition) is 5. The van der Waals surface area contributed by atoms with Crippen molar-refractivity contribution in [3.05, 3.63) is 78.1 Å². The van der Waals surface area contributed by atoms with Gasteiger partial charge in [0, 0.05) is 17.4 Å². The average Bonchev–Trinajstić information content (AvgIpc) is 3.13. The number of carbonyl (C=O) groups is 1. The number of aromatic nitrogens is 3. The highest BCUT2D eigenvalue weighted by Gasteiger charge is 2.15. The molecule has 4 rings (SSSR count). The summed E-state index contributed by atoms with van der Waals surface area (Å²) >= 11 is 0. The summed E-state index contributed by atoms with van der Waals surface area (Å²) in [6, 6.07) is 9.84. The molecule has 2 aromatic heterocycles. The molecule has 2 amide bonds. The van der Waals surface area contributed by atoms with E-state index in [9.17, 15) is 18.7 Å². The van der Waals surface area contributed by atoms with E-state index in [0.717, 1.165) is 18.2 Å². The molecule has 158 valence electrons. The van der Waals surface area contributed by atoms with Gasteiger partial charge in [-0.25, -0.2) is 23.1 Å². The number of nitrogens with one attached hydrogen (secondary N) is 3. The SMILES string of the molecule is C[C@@H](Nc1ccn2ncc(NC(=O)Nc3ccc(O)cc3)c2n1)c1cc(F)ccc1F. The molecule has 10 heteroatoms. The Morgan fingerprint density at radius 2 is 1.87 bits per heavy atom. The molecule has 0 bridgehead atoms. The molecule has 0 aliphatic heterocycles. The van der Waals surface area contributed by atoms with Crippen LogP contribution in [-0.2, 0) is 0 Å². The number of carbonyl (C=O) groups excluding carboxylic acids is 1. The largest absolute Gasteiger partial charge is 0.508 e. The number of urea groups is 1. The minimum Gasteiger partial charge on any atom is -0.508 e. The number of nitrogens with zero attached hydrogens (tertiary/aromatic N) is 3. The third-order valence-electron chi connectivity index (χ3n) is 4.53. The number of halogens is 2. The molecule has 0 unspecified atom stereocenters. The Labute approximate surface area is 175 Å². The molecule has 0 fully saturated rings. The van der Waals surface area contributed by atoms with Gasteiger partial charge in [-0.1, -0.05) is 0 Å². The fourth-order valence-corrected chi connectivity index (χ4v) is 3.01. The summed E-state index contributed by atoms with van der Waals surface area (Å²) in [5, 5.41) is 21.8. The van der Waals surface area contributed by atoms with Gasteiger partial charge in [0.2, 0.25) is 0 Å². The van der Waals surface area contributed by atoms with Crippen molar-refractivity contribution in [1.29, 1.82) is 0 Å². The van der Waals surface area contributed by atoms with Crippen molar-refractivity contribution in [1.82, 2.24) is 14.6 Å². The minimum atomic E-state index is -0.553. The Morgan fingerprint density at radius 1 is 1.10 bits per heavy atom. The summed E-state index contributed by atoms with van der Waals surface area (Å²) in [6.07, 6.45) is 3.07. The van der Waals surface area contributed by atoms with Gasteiger partial charge < -0.3 is 21.1 Å². The molecule has 0 aliphatic rings. The highest BCUT2D eigenvalue weighted by molar-refractivity contribution is 6.01. The smallest absolute Gasteiger partial charge is 0.323 e. The van der Waals surface area contributed by atoms with Crippen LogP contribution in [0.1, 0.15) is 18.5 Å². The van der Waals surface area contributed by atoms with Crippen molar-refractivity contribution >= 4 is 28.9 Å². The number of benzene rings is 2. The second kappa shape index (κ2) is 8.27. The molecule has 0 aliphatic carbocycles. The van der Waals surface area contributed by atoms with Crippen LogP contribution in [0.25, 0.3) is 5.65 Å². The van der Waals surface area contributed by atoms with Gasteiger partial charge in [-0.15, -0.1) is 0 Å². The lowest BCUT2D eigenvalue weighted by Gasteiger charge is -2.16. The molecule has 31 heavy (non-hydrogen) atoms. The van der Waals surface area contributed by atoms with Crippen molar-refractivity contribution in [2.75, 3.05) is 16.0 Å². The summed E-state index contributed by atoms with van der Waals surface area (Å²) in [7, 11) is 0. The van der Waals surface area contributed by atoms with Gasteiger partial charge >= 0.3 is 6.03 Å². The Hall–Kier alpha value is -4.21. The van der Waals surface area contributed by atoms with Gasteiger partial charge in [0.25, 0.3) is 0 Å². The van der Waals surface area contributed by atoms with Crippen molar-refractivity contribution in [2.24, 2.45) is 0 Å². The van der Waals surface area contributed by atoms with Gasteiger partial charge in [-0.05, 0) is 55.5 Å². The number of anilines is 3. The van der Waals surface area contributed by atoms with E-state index in [-0.39, 0.29) is 11.3 Å². The van der Waals surface area contributed by atoms with Crippen LogP contribution >= 0.6 is 0 Å². The minimum absolute atomic E-state index is 0.0881. The van der Waals surface area contributed by atoms with Crippen LogP contribution in [0.3, 0.4) is 0 Å². The van der Waals surface area contributed by atoms with Crippen LogP contribution in [0.2, 0.25) is 0 Å². The molecular weight excluding hydrogens is 406 g/mol. The third kappa shape index (κ3) is 4.53. The zero-order valence-corrected chi connectivity index (χ0v) is 16.3. The van der Waals surface area contributed by atoms with Crippen LogP contribution in [0.5, 0.6) is 5.75 Å². The lowest BCUT2D eigenvalue weighted by atomic mass is 10.1. The molecule has 2 aromatic carbocycles. The second-order valence-corrected chi connectivity index (χ2v) is 6.80. The van der Waals surface area contributed by atoms with E-state index >= 15 is 0 Å². The van der Waals surface area contributed by atoms with Crippen LogP contribution in [0.4, 0.5) is 30.8 Å². The summed E-state index contributed by atoms with van der Waals surface area (Å²) in [5.74, 6) is -0.577. The van der Waals surface area contributed by atoms with E-state index in [1.54, 1.807) is 31.3 Å². The first-order valence-corrected chi connectivity index (χ1v) is 9.32. The van der Waals surface area contributed by atoms with Crippen molar-refractivity contribution in [3.63, 3.8) is 0 Å². The molecule has 2 heterocycles. The Morgan fingerprint density at radius 3 is 2.65 bits per heavy atom. The van der Waals surface area contributed by atoms with E-state index in [4.69, 9.17) is 0 Å². The maximum Gasteiger partial charge on any atom is 0.323 e. The molecule has 0 spiro atoms. The van der Waals surface area contributed by atoms with Gasteiger partial charge in [0.15, 0.2) is 5.65 Å². The average molecular weight is 424 g/mol. The third-order valence-corrected chi connectivity index (χ3v) is 4.53. The molecule has 4 aromatic rings. The lowest BCUT2D eigenvalue weighted by molar-refractivity contribution is 0.262. The zero-order valence-electron chi connectivity index (χ0n) is 16.3. The number of phenols is 1. The van der Waals surface area contributed by atoms with Gasteiger partial charge in [0.05, 0.1) is 12.2 Å². The topological polar surface area (TPSA) is 104 Å². The monoisotopic (exact) mass is 424 g/mol. The fraction of sp³-hybridized carbons (Fsp3) is 0.0952. The first kappa shape index (κ1) is 20.1. The molecule has 0 saturated heterocycles. The van der Waals surface area contributed by atoms with Gasteiger partial charge in [0.1, 0.15) is 28.9 Å². The number of hydrogen-bond donors (Lipinski definition) is 4. The molecule has 4 N–H and O–H groups in total. The number of fused-ring (bicyclic) bond motifs is 1. The molecule has 0 radical (unpaired) electrons. The Bertz CT molecular complexity index is 1240.